The van der Waals surface area contributed by atoms with Gasteiger partial charge in [-0.15, -0.1) is 0 Å². The van der Waals surface area contributed by atoms with E-state index in [4.69, 9.17) is 4.74 Å². The zero-order valence-corrected chi connectivity index (χ0v) is 26.5. The summed E-state index contributed by atoms with van der Waals surface area (Å²) in [7, 11) is 0. The SMILES string of the molecule is CCCc1ccc(CCC2CC=C(CCCOCCCC3=CCC(CCc4ccc(CCC)cc4)CC3)CC2)cc1. The summed E-state index contributed by atoms with van der Waals surface area (Å²) >= 11 is 0. The van der Waals surface area contributed by atoms with Crippen molar-refractivity contribution >= 4 is 0 Å². The Hall–Kier alpha value is -2.12. The Bertz CT molecular complexity index is 956. The van der Waals surface area contributed by atoms with E-state index in [9.17, 15) is 0 Å². The van der Waals surface area contributed by atoms with Crippen molar-refractivity contribution in [2.75, 3.05) is 13.2 Å². The molecule has 2 aromatic carbocycles. The first kappa shape index (κ1) is 31.8. The van der Waals surface area contributed by atoms with Crippen molar-refractivity contribution in [1.29, 1.82) is 0 Å². The monoisotopic (exact) mass is 554 g/mol. The van der Waals surface area contributed by atoms with Crippen molar-refractivity contribution < 1.29 is 4.74 Å². The molecule has 0 bridgehead atoms. The van der Waals surface area contributed by atoms with Crippen molar-refractivity contribution in [3.05, 3.63) is 94.1 Å². The summed E-state index contributed by atoms with van der Waals surface area (Å²) in [5.41, 5.74) is 9.36. The highest BCUT2D eigenvalue weighted by molar-refractivity contribution is 5.24. The van der Waals surface area contributed by atoms with Crippen LogP contribution < -0.4 is 0 Å². The Kier molecular flexibility index (Phi) is 14.3. The van der Waals surface area contributed by atoms with Gasteiger partial charge in [-0.3, -0.25) is 0 Å². The maximum atomic E-state index is 6.03. The van der Waals surface area contributed by atoms with Crippen LogP contribution in [0, 0.1) is 11.8 Å². The molecule has 2 atom stereocenters. The van der Waals surface area contributed by atoms with Crippen LogP contribution >= 0.6 is 0 Å². The maximum Gasteiger partial charge on any atom is 0.0469 e. The predicted octanol–water partition coefficient (Wildman–Crippen LogP) is 11.2. The first-order valence-corrected chi connectivity index (χ1v) is 17.3. The van der Waals surface area contributed by atoms with Crippen LogP contribution in [0.2, 0.25) is 0 Å². The predicted molar refractivity (Wildman–Crippen MR) is 178 cm³/mol. The fourth-order valence-electron chi connectivity index (χ4n) is 6.83. The van der Waals surface area contributed by atoms with Crippen molar-refractivity contribution in [2.45, 2.75) is 129 Å². The molecule has 2 aliphatic carbocycles. The number of hydrogen-bond acceptors (Lipinski definition) is 1. The highest BCUT2D eigenvalue weighted by Crippen LogP contribution is 2.31. The molecule has 1 heteroatoms. The largest absolute Gasteiger partial charge is 0.381 e. The third-order valence-corrected chi connectivity index (χ3v) is 9.61. The minimum atomic E-state index is 0.873. The van der Waals surface area contributed by atoms with Crippen LogP contribution in [0.5, 0.6) is 0 Å². The third-order valence-electron chi connectivity index (χ3n) is 9.61. The summed E-state index contributed by atoms with van der Waals surface area (Å²) in [6, 6.07) is 18.7. The zero-order chi connectivity index (χ0) is 28.5. The summed E-state index contributed by atoms with van der Waals surface area (Å²) in [6.07, 6.45) is 27.9. The Labute approximate surface area is 252 Å². The normalized spacial score (nSPS) is 19.2. The summed E-state index contributed by atoms with van der Waals surface area (Å²) < 4.78 is 6.03. The average Bonchev–Trinajstić information content (AvgIpc) is 3.01. The van der Waals surface area contributed by atoms with Crippen LogP contribution in [0.1, 0.15) is 126 Å². The van der Waals surface area contributed by atoms with Gasteiger partial charge in [0, 0.05) is 13.2 Å². The van der Waals surface area contributed by atoms with Gasteiger partial charge in [0.15, 0.2) is 0 Å². The third kappa shape index (κ3) is 12.0. The van der Waals surface area contributed by atoms with Gasteiger partial charge in [-0.1, -0.05) is 98.5 Å². The molecule has 2 aliphatic rings. The molecule has 2 aromatic rings. The Morgan fingerprint density at radius 1 is 0.537 bits per heavy atom. The van der Waals surface area contributed by atoms with Gasteiger partial charge in [0.1, 0.15) is 0 Å². The lowest BCUT2D eigenvalue weighted by atomic mass is 9.84. The molecule has 0 saturated heterocycles. The van der Waals surface area contributed by atoms with Gasteiger partial charge in [0.05, 0.1) is 0 Å². The second kappa shape index (κ2) is 18.4. The first-order valence-electron chi connectivity index (χ1n) is 17.3. The van der Waals surface area contributed by atoms with E-state index in [2.05, 4.69) is 74.5 Å². The molecular weight excluding hydrogens is 496 g/mol. The molecule has 41 heavy (non-hydrogen) atoms. The van der Waals surface area contributed by atoms with E-state index in [1.54, 1.807) is 11.1 Å². The van der Waals surface area contributed by atoms with Crippen molar-refractivity contribution in [2.24, 2.45) is 11.8 Å². The topological polar surface area (TPSA) is 9.23 Å². The molecule has 0 aromatic heterocycles. The van der Waals surface area contributed by atoms with Gasteiger partial charge >= 0.3 is 0 Å². The van der Waals surface area contributed by atoms with Gasteiger partial charge in [0.2, 0.25) is 0 Å². The van der Waals surface area contributed by atoms with Crippen molar-refractivity contribution in [3.8, 4) is 0 Å². The molecule has 4 rings (SSSR count). The smallest absolute Gasteiger partial charge is 0.0469 e. The van der Waals surface area contributed by atoms with Gasteiger partial charge in [-0.2, -0.15) is 0 Å². The number of hydrogen-bond donors (Lipinski definition) is 0. The van der Waals surface area contributed by atoms with Gasteiger partial charge < -0.3 is 4.74 Å². The number of aryl methyl sites for hydroxylation is 4. The standard InChI is InChI=1S/C40H58O/c1-3-7-33-11-19-37(20-12-33)27-29-39-23-15-35(16-24-39)9-5-31-41-32-6-10-36-17-25-40(26-18-36)30-28-38-21-13-34(8-4-2)14-22-38/h11-15,17,19-22,39-40H,3-10,16,18,23-32H2,1-2H3. The molecule has 0 heterocycles. The summed E-state index contributed by atoms with van der Waals surface area (Å²) in [4.78, 5) is 0. The maximum absolute atomic E-state index is 6.03. The lowest BCUT2D eigenvalue weighted by molar-refractivity contribution is 0.129. The van der Waals surface area contributed by atoms with Crippen LogP contribution in [0.15, 0.2) is 71.8 Å². The minimum absolute atomic E-state index is 0.873. The van der Waals surface area contributed by atoms with Gasteiger partial charge in [-0.25, -0.2) is 0 Å². The lowest BCUT2D eigenvalue weighted by Gasteiger charge is -2.22. The molecule has 0 amide bonds. The minimum Gasteiger partial charge on any atom is -0.381 e. The summed E-state index contributed by atoms with van der Waals surface area (Å²) in [5.74, 6) is 1.75. The van der Waals surface area contributed by atoms with E-state index in [0.29, 0.717) is 0 Å². The molecule has 0 radical (unpaired) electrons. The molecule has 1 nitrogen and oxygen atoms in total. The molecule has 0 saturated carbocycles. The van der Waals surface area contributed by atoms with Crippen LogP contribution in [0.25, 0.3) is 0 Å². The summed E-state index contributed by atoms with van der Waals surface area (Å²) in [6.45, 7) is 6.36. The second-order valence-electron chi connectivity index (χ2n) is 13.0. The van der Waals surface area contributed by atoms with Crippen LogP contribution in [0.3, 0.4) is 0 Å². The first-order chi connectivity index (χ1) is 20.2. The van der Waals surface area contributed by atoms with Crippen LogP contribution in [0.4, 0.5) is 0 Å². The Balaban J connectivity index is 0.989. The van der Waals surface area contributed by atoms with E-state index in [1.807, 2.05) is 0 Å². The molecule has 0 fully saturated rings. The lowest BCUT2D eigenvalue weighted by Crippen LogP contribution is -2.08. The molecule has 224 valence electrons. The molecule has 0 N–H and O–H groups in total. The zero-order valence-electron chi connectivity index (χ0n) is 26.5. The number of ether oxygens (including phenoxy) is 1. The number of rotatable bonds is 18. The second-order valence-corrected chi connectivity index (χ2v) is 13.0. The van der Waals surface area contributed by atoms with Crippen LogP contribution in [-0.4, -0.2) is 13.2 Å². The quantitative estimate of drug-likeness (QED) is 0.131. The average molecular weight is 555 g/mol. The van der Waals surface area contributed by atoms with E-state index in [1.165, 1.54) is 138 Å². The molecule has 0 aliphatic heterocycles. The van der Waals surface area contributed by atoms with Crippen LogP contribution in [-0.2, 0) is 30.4 Å². The van der Waals surface area contributed by atoms with E-state index >= 15 is 0 Å². The van der Waals surface area contributed by atoms with Gasteiger partial charge in [-0.05, 0) is 137 Å². The Morgan fingerprint density at radius 3 is 1.27 bits per heavy atom. The number of benzene rings is 2. The van der Waals surface area contributed by atoms with E-state index in [0.717, 1.165) is 25.0 Å². The number of allylic oxidation sites excluding steroid dienone is 4. The van der Waals surface area contributed by atoms with Crippen molar-refractivity contribution in [3.63, 3.8) is 0 Å². The highest BCUT2D eigenvalue weighted by Gasteiger charge is 2.16. The fourth-order valence-corrected chi connectivity index (χ4v) is 6.83. The van der Waals surface area contributed by atoms with Crippen molar-refractivity contribution in [1.82, 2.24) is 0 Å². The van der Waals surface area contributed by atoms with E-state index in [-0.39, 0.29) is 0 Å². The fraction of sp³-hybridized carbons (Fsp3) is 0.600. The van der Waals surface area contributed by atoms with E-state index < -0.39 is 0 Å². The molecule has 0 spiro atoms. The Morgan fingerprint density at radius 2 is 0.927 bits per heavy atom. The highest BCUT2D eigenvalue weighted by atomic mass is 16.5. The molecular formula is C40H58O. The molecule has 2 unspecified atom stereocenters. The summed E-state index contributed by atoms with van der Waals surface area (Å²) in [5, 5.41) is 0. The van der Waals surface area contributed by atoms with Gasteiger partial charge in [0.25, 0.3) is 0 Å².